The molecule has 1 aliphatic carbocycles. The van der Waals surface area contributed by atoms with E-state index in [1.54, 1.807) is 0 Å². The van der Waals surface area contributed by atoms with Crippen molar-refractivity contribution in [3.8, 4) is 0 Å². The Morgan fingerprint density at radius 2 is 2.15 bits per heavy atom. The number of hydrogen-bond donors (Lipinski definition) is 0. The zero-order valence-electron chi connectivity index (χ0n) is 8.05. The predicted molar refractivity (Wildman–Crippen MR) is 46.8 cm³/mol. The van der Waals surface area contributed by atoms with Gasteiger partial charge >= 0.3 is 5.97 Å². The van der Waals surface area contributed by atoms with Crippen LogP contribution in [0.1, 0.15) is 39.5 Å². The third-order valence-corrected chi connectivity index (χ3v) is 2.70. The van der Waals surface area contributed by atoms with Gasteiger partial charge in [-0.25, -0.2) is 4.79 Å². The van der Waals surface area contributed by atoms with Crippen molar-refractivity contribution in [2.45, 2.75) is 45.3 Å². The molecular formula is C10H14O3. The maximum Gasteiger partial charge on any atom is 0.340 e. The minimum atomic E-state index is -0.722. The van der Waals surface area contributed by atoms with Crippen LogP contribution in [0.3, 0.4) is 0 Å². The topological polar surface area (TPSA) is 35.5 Å². The Labute approximate surface area is 77.7 Å². The van der Waals surface area contributed by atoms with Gasteiger partial charge in [0.1, 0.15) is 5.76 Å². The average Bonchev–Trinajstić information content (AvgIpc) is 2.52. The Kier molecular flexibility index (Phi) is 1.82. The second kappa shape index (κ2) is 2.76. The molecule has 1 heterocycles. The zero-order chi connectivity index (χ0) is 9.47. The van der Waals surface area contributed by atoms with E-state index in [-0.39, 0.29) is 5.97 Å². The van der Waals surface area contributed by atoms with Crippen molar-refractivity contribution in [3.63, 3.8) is 0 Å². The first-order valence-electron chi connectivity index (χ1n) is 4.79. The van der Waals surface area contributed by atoms with E-state index in [2.05, 4.69) is 0 Å². The Bertz CT molecular complexity index is 280. The van der Waals surface area contributed by atoms with Gasteiger partial charge in [0.05, 0.1) is 5.57 Å². The molecule has 0 radical (unpaired) electrons. The molecule has 3 nitrogen and oxygen atoms in total. The lowest BCUT2D eigenvalue weighted by Gasteiger charge is -2.33. The summed E-state index contributed by atoms with van der Waals surface area (Å²) in [4.78, 5) is 11.5. The number of esters is 1. The highest BCUT2D eigenvalue weighted by molar-refractivity contribution is 5.90. The van der Waals surface area contributed by atoms with Crippen LogP contribution in [0.2, 0.25) is 0 Å². The minimum Gasteiger partial charge on any atom is -0.456 e. The molecular weight excluding hydrogens is 168 g/mol. The van der Waals surface area contributed by atoms with E-state index >= 15 is 0 Å². The number of cyclic esters (lactones) is 1. The van der Waals surface area contributed by atoms with Gasteiger partial charge in [-0.2, -0.15) is 0 Å². The average molecular weight is 182 g/mol. The standard InChI is InChI=1S/C10H14O3/c1-3-10(2)12-8-6-4-5-7(8)9(11)13-10/h3-6H2,1-2H3. The molecule has 2 rings (SSSR count). The normalized spacial score (nSPS) is 32.6. The Morgan fingerprint density at radius 1 is 1.38 bits per heavy atom. The van der Waals surface area contributed by atoms with Crippen LogP contribution in [-0.2, 0) is 14.3 Å². The van der Waals surface area contributed by atoms with Crippen LogP contribution in [0, 0.1) is 0 Å². The molecule has 0 aromatic heterocycles. The fourth-order valence-corrected chi connectivity index (χ4v) is 1.73. The first kappa shape index (κ1) is 8.60. The fraction of sp³-hybridized carbons (Fsp3) is 0.700. The van der Waals surface area contributed by atoms with E-state index in [0.717, 1.165) is 30.6 Å². The second-order valence-corrected chi connectivity index (χ2v) is 3.73. The van der Waals surface area contributed by atoms with Crippen molar-refractivity contribution in [2.24, 2.45) is 0 Å². The molecule has 0 aromatic carbocycles. The van der Waals surface area contributed by atoms with Gasteiger partial charge in [-0.05, 0) is 12.8 Å². The highest BCUT2D eigenvalue weighted by atomic mass is 16.7. The van der Waals surface area contributed by atoms with Crippen LogP contribution in [0.4, 0.5) is 0 Å². The van der Waals surface area contributed by atoms with E-state index in [4.69, 9.17) is 9.47 Å². The lowest BCUT2D eigenvalue weighted by molar-refractivity contribution is -0.216. The molecule has 2 aliphatic rings. The molecule has 13 heavy (non-hydrogen) atoms. The lowest BCUT2D eigenvalue weighted by Crippen LogP contribution is -2.38. The third-order valence-electron chi connectivity index (χ3n) is 2.70. The quantitative estimate of drug-likeness (QED) is 0.583. The predicted octanol–water partition coefficient (Wildman–Crippen LogP) is 2.12. The smallest absolute Gasteiger partial charge is 0.340 e. The van der Waals surface area contributed by atoms with E-state index in [1.807, 2.05) is 13.8 Å². The molecule has 3 heteroatoms. The number of carbonyl (C=O) groups is 1. The van der Waals surface area contributed by atoms with Gasteiger partial charge in [-0.3, -0.25) is 0 Å². The maximum atomic E-state index is 11.5. The Morgan fingerprint density at radius 3 is 2.85 bits per heavy atom. The van der Waals surface area contributed by atoms with Crippen molar-refractivity contribution in [3.05, 3.63) is 11.3 Å². The summed E-state index contributed by atoms with van der Waals surface area (Å²) in [5.74, 6) is -0.0380. The van der Waals surface area contributed by atoms with Gasteiger partial charge in [0, 0.05) is 19.8 Å². The summed E-state index contributed by atoms with van der Waals surface area (Å²) in [7, 11) is 0. The SMILES string of the molecule is CCC1(C)OC(=O)C2=C(CCC2)O1. The highest BCUT2D eigenvalue weighted by Crippen LogP contribution is 2.37. The molecule has 72 valence electrons. The molecule has 1 aliphatic heterocycles. The molecule has 0 bridgehead atoms. The first-order valence-corrected chi connectivity index (χ1v) is 4.79. The monoisotopic (exact) mass is 182 g/mol. The number of ether oxygens (including phenoxy) is 2. The number of allylic oxidation sites excluding steroid dienone is 1. The largest absolute Gasteiger partial charge is 0.456 e. The first-order chi connectivity index (χ1) is 6.14. The number of hydrogen-bond acceptors (Lipinski definition) is 3. The van der Waals surface area contributed by atoms with Crippen LogP contribution in [0.25, 0.3) is 0 Å². The van der Waals surface area contributed by atoms with Gasteiger partial charge in [-0.1, -0.05) is 6.92 Å². The van der Waals surface area contributed by atoms with Gasteiger partial charge in [0.15, 0.2) is 0 Å². The molecule has 0 aromatic rings. The molecule has 0 fully saturated rings. The van der Waals surface area contributed by atoms with Gasteiger partial charge in [-0.15, -0.1) is 0 Å². The Balaban J connectivity index is 2.27. The van der Waals surface area contributed by atoms with Crippen LogP contribution < -0.4 is 0 Å². The molecule has 0 spiro atoms. The van der Waals surface area contributed by atoms with Gasteiger partial charge in [0.25, 0.3) is 5.79 Å². The molecule has 1 atom stereocenters. The maximum absolute atomic E-state index is 11.5. The Hall–Kier alpha value is -0.990. The number of carbonyl (C=O) groups excluding carboxylic acids is 1. The van der Waals surface area contributed by atoms with Crippen LogP contribution in [0.15, 0.2) is 11.3 Å². The zero-order valence-corrected chi connectivity index (χ0v) is 8.05. The van der Waals surface area contributed by atoms with E-state index in [1.165, 1.54) is 0 Å². The summed E-state index contributed by atoms with van der Waals surface area (Å²) in [6.07, 6.45) is 3.41. The van der Waals surface area contributed by atoms with Gasteiger partial charge in [0.2, 0.25) is 0 Å². The molecule has 0 saturated heterocycles. The van der Waals surface area contributed by atoms with Crippen molar-refractivity contribution in [1.29, 1.82) is 0 Å². The van der Waals surface area contributed by atoms with E-state index in [0.29, 0.717) is 6.42 Å². The number of rotatable bonds is 1. The summed E-state index contributed by atoms with van der Waals surface area (Å²) in [5, 5.41) is 0. The van der Waals surface area contributed by atoms with Crippen molar-refractivity contribution in [1.82, 2.24) is 0 Å². The van der Waals surface area contributed by atoms with E-state index < -0.39 is 5.79 Å². The van der Waals surface area contributed by atoms with E-state index in [9.17, 15) is 4.79 Å². The lowest BCUT2D eigenvalue weighted by atomic mass is 10.2. The van der Waals surface area contributed by atoms with Crippen LogP contribution in [-0.4, -0.2) is 11.8 Å². The van der Waals surface area contributed by atoms with Crippen LogP contribution >= 0.6 is 0 Å². The molecule has 0 amide bonds. The molecule has 0 N–H and O–H groups in total. The van der Waals surface area contributed by atoms with Gasteiger partial charge < -0.3 is 9.47 Å². The van der Waals surface area contributed by atoms with Crippen molar-refractivity contribution in [2.75, 3.05) is 0 Å². The molecule has 1 unspecified atom stereocenters. The summed E-state index contributed by atoms with van der Waals surface area (Å²) < 4.78 is 10.9. The summed E-state index contributed by atoms with van der Waals surface area (Å²) in [6, 6.07) is 0. The fourth-order valence-electron chi connectivity index (χ4n) is 1.73. The highest BCUT2D eigenvalue weighted by Gasteiger charge is 2.39. The summed E-state index contributed by atoms with van der Waals surface area (Å²) >= 11 is 0. The van der Waals surface area contributed by atoms with Crippen LogP contribution in [0.5, 0.6) is 0 Å². The second-order valence-electron chi connectivity index (χ2n) is 3.73. The minimum absolute atomic E-state index is 0.178. The van der Waals surface area contributed by atoms with Crippen molar-refractivity contribution >= 4 is 5.97 Å². The van der Waals surface area contributed by atoms with Crippen molar-refractivity contribution < 1.29 is 14.3 Å². The third kappa shape index (κ3) is 1.32. The molecule has 0 saturated carbocycles. The summed E-state index contributed by atoms with van der Waals surface area (Å²) in [6.45, 7) is 3.76. The summed E-state index contributed by atoms with van der Waals surface area (Å²) in [5.41, 5.74) is 0.755.